The Hall–Kier alpha value is -6.83. The highest BCUT2D eigenvalue weighted by molar-refractivity contribution is 6.34. The van der Waals surface area contributed by atoms with E-state index in [1.54, 1.807) is 13.2 Å². The summed E-state index contributed by atoms with van der Waals surface area (Å²) in [5.41, 5.74) is 7.51. The Kier molecular flexibility index (Phi) is 8.61. The Labute approximate surface area is 300 Å². The fourth-order valence-corrected chi connectivity index (χ4v) is 6.97. The number of aromatic amines is 3. The lowest BCUT2D eigenvalue weighted by Gasteiger charge is -2.32. The van der Waals surface area contributed by atoms with E-state index in [9.17, 15) is 9.59 Å². The van der Waals surface area contributed by atoms with Crippen molar-refractivity contribution in [3.63, 3.8) is 0 Å². The van der Waals surface area contributed by atoms with Gasteiger partial charge in [0, 0.05) is 46.3 Å². The SMILES string of the molecule is COC(c1ccccc1)(c1ccc(C(=O)c2ccccc2)[nH]1)c1ccc(/C(c2ccccc2)=c2/cc/c(=C(/C3=NC(=O)C=C3)c3ccccc3)[nH]2)[nH]1. The highest BCUT2D eigenvalue weighted by atomic mass is 16.5. The molecule has 0 saturated carbocycles. The Morgan fingerprint density at radius 2 is 1.04 bits per heavy atom. The number of carbonyl (C=O) groups excluding carboxylic acids is 2. The van der Waals surface area contributed by atoms with Crippen molar-refractivity contribution in [2.45, 2.75) is 5.60 Å². The zero-order valence-electron chi connectivity index (χ0n) is 28.3. The summed E-state index contributed by atoms with van der Waals surface area (Å²) in [6, 6.07) is 51.2. The third-order valence-corrected chi connectivity index (χ3v) is 9.39. The number of methoxy groups -OCH3 is 1. The molecule has 7 nitrogen and oxygen atoms in total. The van der Waals surface area contributed by atoms with E-state index in [0.29, 0.717) is 22.7 Å². The molecule has 0 saturated heterocycles. The molecule has 0 bridgehead atoms. The third-order valence-electron chi connectivity index (χ3n) is 9.39. The monoisotopic (exact) mass is 678 g/mol. The molecule has 0 radical (unpaired) electrons. The number of rotatable bonds is 10. The number of aromatic nitrogens is 3. The third kappa shape index (κ3) is 5.89. The minimum absolute atomic E-state index is 0.102. The maximum atomic E-state index is 13.5. The van der Waals surface area contributed by atoms with Gasteiger partial charge in [0.25, 0.3) is 5.91 Å². The van der Waals surface area contributed by atoms with Crippen molar-refractivity contribution < 1.29 is 14.3 Å². The number of ketones is 1. The maximum Gasteiger partial charge on any atom is 0.270 e. The number of allylic oxidation sites excluding steroid dienone is 1. The molecule has 0 aliphatic carbocycles. The number of hydrogen-bond acceptors (Lipinski definition) is 3. The van der Waals surface area contributed by atoms with Crippen molar-refractivity contribution in [1.82, 2.24) is 15.0 Å². The molecule has 7 heteroatoms. The fraction of sp³-hybridized carbons (Fsp3) is 0.0444. The molecule has 4 aromatic carbocycles. The lowest BCUT2D eigenvalue weighted by Crippen LogP contribution is -2.32. The predicted octanol–water partition coefficient (Wildman–Crippen LogP) is 6.82. The molecular weight excluding hydrogens is 645 g/mol. The second kappa shape index (κ2) is 13.8. The molecule has 7 aromatic rings. The number of hydrogen-bond donors (Lipinski definition) is 3. The normalized spacial score (nSPS) is 14.9. The molecule has 1 aliphatic heterocycles. The van der Waals surface area contributed by atoms with Crippen LogP contribution < -0.4 is 10.7 Å². The van der Waals surface area contributed by atoms with Crippen LogP contribution in [0.3, 0.4) is 0 Å². The first-order valence-electron chi connectivity index (χ1n) is 17.0. The molecule has 4 heterocycles. The highest BCUT2D eigenvalue weighted by Gasteiger charge is 2.40. The fourth-order valence-electron chi connectivity index (χ4n) is 6.97. The van der Waals surface area contributed by atoms with Crippen LogP contribution in [0.2, 0.25) is 0 Å². The minimum Gasteiger partial charge on any atom is -0.361 e. The van der Waals surface area contributed by atoms with Crippen LogP contribution in [-0.2, 0) is 15.1 Å². The largest absolute Gasteiger partial charge is 0.361 e. The van der Waals surface area contributed by atoms with Crippen LogP contribution in [0.1, 0.15) is 49.8 Å². The van der Waals surface area contributed by atoms with Crippen LogP contribution in [0.5, 0.6) is 0 Å². The van der Waals surface area contributed by atoms with E-state index in [4.69, 9.17) is 4.74 Å². The van der Waals surface area contributed by atoms with Crippen molar-refractivity contribution in [3.05, 3.63) is 226 Å². The number of carbonyl (C=O) groups is 2. The smallest absolute Gasteiger partial charge is 0.270 e. The van der Waals surface area contributed by atoms with Crippen LogP contribution in [0.4, 0.5) is 0 Å². The van der Waals surface area contributed by atoms with E-state index >= 15 is 0 Å². The highest BCUT2D eigenvalue weighted by Crippen LogP contribution is 2.40. The molecule has 0 fully saturated rings. The van der Waals surface area contributed by atoms with E-state index in [0.717, 1.165) is 49.9 Å². The topological polar surface area (TPSA) is 103 Å². The Morgan fingerprint density at radius 3 is 1.60 bits per heavy atom. The molecule has 1 amide bonds. The Balaban J connectivity index is 1.32. The second-order valence-corrected chi connectivity index (χ2v) is 12.5. The maximum absolute atomic E-state index is 13.5. The summed E-state index contributed by atoms with van der Waals surface area (Å²) >= 11 is 0. The van der Waals surface area contributed by atoms with Crippen molar-refractivity contribution >= 4 is 28.5 Å². The summed E-state index contributed by atoms with van der Waals surface area (Å²) in [6.07, 6.45) is 3.25. The number of aliphatic imine (C=N–C) groups is 1. The summed E-state index contributed by atoms with van der Waals surface area (Å²) in [4.78, 5) is 40.8. The first-order valence-corrected chi connectivity index (χ1v) is 17.0. The quantitative estimate of drug-likeness (QED) is 0.138. The van der Waals surface area contributed by atoms with Crippen LogP contribution in [0, 0.1) is 0 Å². The van der Waals surface area contributed by atoms with Gasteiger partial charge in [-0.05, 0) is 59.2 Å². The Morgan fingerprint density at radius 1 is 0.538 bits per heavy atom. The van der Waals surface area contributed by atoms with Crippen molar-refractivity contribution in [2.24, 2.45) is 4.99 Å². The molecule has 8 rings (SSSR count). The van der Waals surface area contributed by atoms with Gasteiger partial charge in [-0.25, -0.2) is 4.99 Å². The van der Waals surface area contributed by atoms with Gasteiger partial charge in [0.15, 0.2) is 5.60 Å². The van der Waals surface area contributed by atoms with E-state index < -0.39 is 5.60 Å². The van der Waals surface area contributed by atoms with Crippen LogP contribution in [-0.4, -0.2) is 39.5 Å². The standard InChI is InChI=1S/C45H34N4O3/c1-52-45(33-20-12-5-13-21-33,40-28-25-38(48-40)44(51)32-18-10-4-11-19-32)39-27-24-36(47-39)42(30-14-6-2-7-15-30)34-22-23-35(46-34)43(31-16-8-3-9-17-31)37-26-29-41(50)49-37/h2-29,46-48H,1H3/b42-34-,43-35-. The average Bonchev–Trinajstić information content (AvgIpc) is 4.04. The molecular formula is C45H34N4O3. The number of amides is 1. The molecule has 52 heavy (non-hydrogen) atoms. The van der Waals surface area contributed by atoms with Crippen molar-refractivity contribution in [3.8, 4) is 0 Å². The van der Waals surface area contributed by atoms with Crippen molar-refractivity contribution in [1.29, 1.82) is 0 Å². The van der Waals surface area contributed by atoms with Gasteiger partial charge in [-0.15, -0.1) is 0 Å². The molecule has 1 aliphatic rings. The van der Waals surface area contributed by atoms with Gasteiger partial charge in [-0.3, -0.25) is 9.59 Å². The first-order chi connectivity index (χ1) is 25.5. The molecule has 1 unspecified atom stereocenters. The summed E-state index contributed by atoms with van der Waals surface area (Å²) in [5, 5.41) is 1.70. The van der Waals surface area contributed by atoms with Gasteiger partial charge in [0.05, 0.1) is 22.8 Å². The summed E-state index contributed by atoms with van der Waals surface area (Å²) in [5.74, 6) is -0.376. The van der Waals surface area contributed by atoms with Gasteiger partial charge in [0.1, 0.15) is 0 Å². The Bertz CT molecular complexity index is 2580. The van der Waals surface area contributed by atoms with Gasteiger partial charge in [-0.2, -0.15) is 0 Å². The van der Waals surface area contributed by atoms with E-state index in [1.807, 2.05) is 133 Å². The average molecular weight is 679 g/mol. The van der Waals surface area contributed by atoms with Crippen LogP contribution in [0.15, 0.2) is 175 Å². The number of nitrogens with zero attached hydrogens (tertiary/aromatic N) is 1. The molecule has 0 spiro atoms. The zero-order valence-corrected chi connectivity index (χ0v) is 28.3. The number of H-pyrrole nitrogens is 3. The van der Waals surface area contributed by atoms with Gasteiger partial charge >= 0.3 is 0 Å². The summed E-state index contributed by atoms with van der Waals surface area (Å²) in [7, 11) is 1.68. The number of nitrogens with one attached hydrogen (secondary N) is 3. The molecule has 3 N–H and O–H groups in total. The lowest BCUT2D eigenvalue weighted by molar-refractivity contribution is -0.113. The van der Waals surface area contributed by atoms with Gasteiger partial charge in [-0.1, -0.05) is 121 Å². The molecule has 3 aromatic heterocycles. The first kappa shape index (κ1) is 32.4. The van der Waals surface area contributed by atoms with Crippen LogP contribution >= 0.6 is 0 Å². The van der Waals surface area contributed by atoms with E-state index in [-0.39, 0.29) is 11.7 Å². The second-order valence-electron chi connectivity index (χ2n) is 12.5. The van der Waals surface area contributed by atoms with Gasteiger partial charge in [0.2, 0.25) is 5.78 Å². The minimum atomic E-state index is -1.11. The lowest BCUT2D eigenvalue weighted by atomic mass is 9.87. The summed E-state index contributed by atoms with van der Waals surface area (Å²) < 4.78 is 6.51. The van der Waals surface area contributed by atoms with Crippen LogP contribution in [0.25, 0.3) is 11.1 Å². The van der Waals surface area contributed by atoms with E-state index in [2.05, 4.69) is 44.2 Å². The molecule has 252 valence electrons. The van der Waals surface area contributed by atoms with Gasteiger partial charge < -0.3 is 19.7 Å². The predicted molar refractivity (Wildman–Crippen MR) is 203 cm³/mol. The zero-order chi connectivity index (χ0) is 35.5. The molecule has 1 atom stereocenters. The van der Waals surface area contributed by atoms with Crippen molar-refractivity contribution in [2.75, 3.05) is 7.11 Å². The number of benzene rings is 4. The van der Waals surface area contributed by atoms with E-state index in [1.165, 1.54) is 6.08 Å². The number of ether oxygens (including phenoxy) is 1. The summed E-state index contributed by atoms with van der Waals surface area (Å²) in [6.45, 7) is 0.